The molecule has 0 saturated carbocycles. The Bertz CT molecular complexity index is 1030. The first-order valence-corrected chi connectivity index (χ1v) is 9.63. The third kappa shape index (κ3) is 3.31. The number of nitrogens with one attached hydrogen (secondary N) is 1. The van der Waals surface area contributed by atoms with Crippen molar-refractivity contribution in [2.24, 2.45) is 11.3 Å². The number of piperidine rings is 1. The van der Waals surface area contributed by atoms with Crippen LogP contribution >= 0.6 is 0 Å². The van der Waals surface area contributed by atoms with Crippen LogP contribution in [-0.2, 0) is 0 Å². The summed E-state index contributed by atoms with van der Waals surface area (Å²) in [5.74, 6) is 0.810. The maximum atomic E-state index is 14.6. The van der Waals surface area contributed by atoms with E-state index in [0.717, 1.165) is 43.6 Å². The zero-order valence-corrected chi connectivity index (χ0v) is 16.1. The maximum Gasteiger partial charge on any atom is 0.181 e. The van der Waals surface area contributed by atoms with Gasteiger partial charge in [0.1, 0.15) is 11.5 Å². The summed E-state index contributed by atoms with van der Waals surface area (Å²) in [6, 6.07) is 9.35. The third-order valence-corrected chi connectivity index (χ3v) is 5.48. The summed E-state index contributed by atoms with van der Waals surface area (Å²) in [5, 5.41) is 17.5. The number of nitriles is 1. The maximum absolute atomic E-state index is 14.6. The predicted octanol–water partition coefficient (Wildman–Crippen LogP) is 4.32. The van der Waals surface area contributed by atoms with Gasteiger partial charge in [0.25, 0.3) is 0 Å². The monoisotopic (exact) mass is 378 g/mol. The lowest BCUT2D eigenvalue weighted by atomic mass is 9.74. The third-order valence-electron chi connectivity index (χ3n) is 5.48. The zero-order valence-electron chi connectivity index (χ0n) is 16.1. The first kappa shape index (κ1) is 18.4. The van der Waals surface area contributed by atoms with Crippen molar-refractivity contribution in [3.05, 3.63) is 36.3 Å². The van der Waals surface area contributed by atoms with Crippen LogP contribution in [-0.4, -0.2) is 33.3 Å². The van der Waals surface area contributed by atoms with Crippen LogP contribution in [0.2, 0.25) is 0 Å². The van der Waals surface area contributed by atoms with Crippen molar-refractivity contribution >= 4 is 16.9 Å². The van der Waals surface area contributed by atoms with Gasteiger partial charge in [-0.25, -0.2) is 14.4 Å². The number of halogens is 1. The Balaban J connectivity index is 1.61. The van der Waals surface area contributed by atoms with E-state index in [-0.39, 0.29) is 11.1 Å². The lowest BCUT2D eigenvalue weighted by Crippen LogP contribution is -2.40. The fourth-order valence-electron chi connectivity index (χ4n) is 4.12. The van der Waals surface area contributed by atoms with Crippen molar-refractivity contribution in [2.75, 3.05) is 18.0 Å². The molecule has 4 heterocycles. The average molecular weight is 378 g/mol. The van der Waals surface area contributed by atoms with Gasteiger partial charge in [0.15, 0.2) is 11.5 Å². The Hall–Kier alpha value is -3.01. The Labute approximate surface area is 163 Å². The summed E-state index contributed by atoms with van der Waals surface area (Å²) in [6.45, 7) is 5.79. The number of anilines is 1. The fourth-order valence-corrected chi connectivity index (χ4v) is 4.12. The molecular formula is C21H23FN6. The number of hydrogen-bond donors (Lipinski definition) is 1. The molecule has 7 heteroatoms. The lowest BCUT2D eigenvalue weighted by Gasteiger charge is -2.38. The summed E-state index contributed by atoms with van der Waals surface area (Å²) in [6.07, 6.45) is 4.16. The molecule has 0 spiro atoms. The molecule has 1 aliphatic heterocycles. The molecule has 6 nitrogen and oxygen atoms in total. The van der Waals surface area contributed by atoms with E-state index in [9.17, 15) is 9.65 Å². The lowest BCUT2D eigenvalue weighted by molar-refractivity contribution is 0.248. The topological polar surface area (TPSA) is 81.5 Å². The highest BCUT2D eigenvalue weighted by atomic mass is 19.1. The van der Waals surface area contributed by atoms with Gasteiger partial charge >= 0.3 is 0 Å². The van der Waals surface area contributed by atoms with Crippen LogP contribution in [0.25, 0.3) is 22.4 Å². The second-order valence-electron chi connectivity index (χ2n) is 7.95. The molecule has 1 aliphatic rings. The molecular weight excluding hydrogens is 355 g/mol. The summed E-state index contributed by atoms with van der Waals surface area (Å²) in [5.41, 5.74) is 1.05. The minimum atomic E-state index is -0.402. The minimum Gasteiger partial charge on any atom is -0.356 e. The average Bonchev–Trinajstić information content (AvgIpc) is 3.12. The van der Waals surface area contributed by atoms with Crippen molar-refractivity contribution in [3.8, 4) is 17.5 Å². The summed E-state index contributed by atoms with van der Waals surface area (Å²) < 4.78 is 14.6. The molecule has 144 valence electrons. The van der Waals surface area contributed by atoms with Gasteiger partial charge in [-0.05, 0) is 49.4 Å². The smallest absolute Gasteiger partial charge is 0.181 e. The van der Waals surface area contributed by atoms with Gasteiger partial charge < -0.3 is 4.90 Å². The van der Waals surface area contributed by atoms with Crippen LogP contribution in [0, 0.1) is 28.5 Å². The first-order valence-electron chi connectivity index (χ1n) is 9.63. The second-order valence-corrected chi connectivity index (χ2v) is 7.95. The van der Waals surface area contributed by atoms with Crippen molar-refractivity contribution in [1.29, 1.82) is 5.26 Å². The molecule has 0 bridgehead atoms. The van der Waals surface area contributed by atoms with Crippen LogP contribution in [0.1, 0.15) is 33.1 Å². The Kier molecular flexibility index (Phi) is 4.71. The number of fused-ring (bicyclic) bond motifs is 1. The normalized spacial score (nSPS) is 16.5. The van der Waals surface area contributed by atoms with Crippen LogP contribution < -0.4 is 4.90 Å². The summed E-state index contributed by atoms with van der Waals surface area (Å²) in [4.78, 5) is 10.9. The molecule has 0 radical (unpaired) electrons. The molecule has 28 heavy (non-hydrogen) atoms. The van der Waals surface area contributed by atoms with Crippen molar-refractivity contribution in [3.63, 3.8) is 0 Å². The number of nitrogens with zero attached hydrogens (tertiary/aromatic N) is 5. The van der Waals surface area contributed by atoms with Gasteiger partial charge in [-0.1, -0.05) is 13.8 Å². The van der Waals surface area contributed by atoms with E-state index in [1.54, 1.807) is 18.3 Å². The molecule has 3 aromatic rings. The number of aromatic nitrogens is 4. The number of rotatable bonds is 4. The van der Waals surface area contributed by atoms with Gasteiger partial charge in [-0.3, -0.25) is 5.10 Å². The Morgan fingerprint density at radius 3 is 2.79 bits per heavy atom. The minimum absolute atomic E-state index is 0.243. The SMILES string of the molecule is CC(C)CC1(C#N)CCN(c2ccc(F)c(-c3[nH]nc4ncccc34)n2)CC1. The molecule has 0 unspecified atom stereocenters. The van der Waals surface area contributed by atoms with Crippen molar-refractivity contribution in [1.82, 2.24) is 20.2 Å². The zero-order chi connectivity index (χ0) is 19.7. The highest BCUT2D eigenvalue weighted by molar-refractivity contribution is 5.89. The van der Waals surface area contributed by atoms with Gasteiger partial charge in [-0.2, -0.15) is 10.4 Å². The van der Waals surface area contributed by atoms with Crippen molar-refractivity contribution < 1.29 is 4.39 Å². The Morgan fingerprint density at radius 2 is 2.07 bits per heavy atom. The van der Waals surface area contributed by atoms with E-state index in [1.807, 2.05) is 6.07 Å². The number of H-pyrrole nitrogens is 1. The molecule has 3 aromatic heterocycles. The van der Waals surface area contributed by atoms with E-state index in [2.05, 4.69) is 45.0 Å². The highest BCUT2D eigenvalue weighted by Gasteiger charge is 2.35. The van der Waals surface area contributed by atoms with Gasteiger partial charge in [0.05, 0.1) is 17.2 Å². The Morgan fingerprint density at radius 1 is 1.29 bits per heavy atom. The van der Waals surface area contributed by atoms with E-state index in [0.29, 0.717) is 17.3 Å². The van der Waals surface area contributed by atoms with Crippen LogP contribution in [0.5, 0.6) is 0 Å². The molecule has 0 atom stereocenters. The largest absolute Gasteiger partial charge is 0.356 e. The summed E-state index contributed by atoms with van der Waals surface area (Å²) >= 11 is 0. The highest BCUT2D eigenvalue weighted by Crippen LogP contribution is 2.38. The molecule has 0 amide bonds. The van der Waals surface area contributed by atoms with Crippen molar-refractivity contribution in [2.45, 2.75) is 33.1 Å². The van der Waals surface area contributed by atoms with E-state index >= 15 is 0 Å². The van der Waals surface area contributed by atoms with Gasteiger partial charge in [0, 0.05) is 24.7 Å². The van der Waals surface area contributed by atoms with Gasteiger partial charge in [-0.15, -0.1) is 0 Å². The molecule has 0 aliphatic carbocycles. The van der Waals surface area contributed by atoms with Crippen LogP contribution in [0.15, 0.2) is 30.5 Å². The quantitative estimate of drug-likeness (QED) is 0.731. The van der Waals surface area contributed by atoms with E-state index in [1.165, 1.54) is 6.07 Å². The van der Waals surface area contributed by atoms with Crippen LogP contribution in [0.3, 0.4) is 0 Å². The number of aromatic amines is 1. The van der Waals surface area contributed by atoms with Gasteiger partial charge in [0.2, 0.25) is 0 Å². The molecule has 0 aromatic carbocycles. The summed E-state index contributed by atoms with van der Waals surface area (Å²) in [7, 11) is 0. The molecule has 1 N–H and O–H groups in total. The molecule has 4 rings (SSSR count). The molecule has 1 saturated heterocycles. The van der Waals surface area contributed by atoms with E-state index < -0.39 is 5.82 Å². The fraction of sp³-hybridized carbons (Fsp3) is 0.429. The first-order chi connectivity index (χ1) is 13.5. The van der Waals surface area contributed by atoms with Crippen LogP contribution in [0.4, 0.5) is 10.2 Å². The number of pyridine rings is 2. The second kappa shape index (κ2) is 7.19. The molecule has 1 fully saturated rings. The predicted molar refractivity (Wildman–Crippen MR) is 106 cm³/mol. The number of hydrogen-bond acceptors (Lipinski definition) is 5. The standard InChI is InChI=1S/C21H23FN6/c1-14(2)12-21(13-23)7-10-28(11-8-21)17-6-5-16(22)19(25-17)18-15-4-3-9-24-20(15)27-26-18/h3-6,9,14H,7-8,10-12H2,1-2H3,(H,24,26,27). The van der Waals surface area contributed by atoms with E-state index in [4.69, 9.17) is 0 Å².